The van der Waals surface area contributed by atoms with E-state index in [0.29, 0.717) is 72.3 Å². The number of aromatic nitrogens is 11. The van der Waals surface area contributed by atoms with Gasteiger partial charge in [-0.2, -0.15) is 18.9 Å². The Hall–Kier alpha value is -11.4. The van der Waals surface area contributed by atoms with Gasteiger partial charge in [0, 0.05) is 93.7 Å². The van der Waals surface area contributed by atoms with E-state index in [1.807, 2.05) is 86.2 Å². The van der Waals surface area contributed by atoms with Gasteiger partial charge in [-0.1, -0.05) is 71.8 Å². The molecule has 13 heterocycles. The molecule has 540 valence electrons. The number of halogens is 1. The van der Waals surface area contributed by atoms with Crippen molar-refractivity contribution < 1.29 is 50.9 Å². The normalized spacial score (nSPS) is 14.8. The van der Waals surface area contributed by atoms with Crippen LogP contribution in [0.1, 0.15) is 57.9 Å². The van der Waals surface area contributed by atoms with Gasteiger partial charge in [-0.05, 0) is 123 Å². The summed E-state index contributed by atoms with van der Waals surface area (Å²) in [5, 5.41) is 32.7. The number of benzene rings is 6. The lowest BCUT2D eigenvalue weighted by molar-refractivity contribution is -0.0769. The number of hydrogen-bond donors (Lipinski definition) is 3. The zero-order valence-corrected chi connectivity index (χ0v) is 59.7. The molecule has 5 fully saturated rings. The Morgan fingerprint density at radius 1 is 0.509 bits per heavy atom. The predicted molar refractivity (Wildman–Crippen MR) is 399 cm³/mol. The summed E-state index contributed by atoms with van der Waals surface area (Å²) in [6.45, 7) is 13.5. The number of nitrogens with two attached hydrogens (primary N) is 1. The first-order chi connectivity index (χ1) is 51.7. The molecule has 27 heteroatoms. The zero-order valence-electron chi connectivity index (χ0n) is 58.1. The molecular formula is C79H75ClN14O11S. The molecule has 0 aliphatic carbocycles. The van der Waals surface area contributed by atoms with Crippen LogP contribution in [0, 0.1) is 43.4 Å². The van der Waals surface area contributed by atoms with Gasteiger partial charge in [0.25, 0.3) is 10.1 Å². The highest BCUT2D eigenvalue weighted by atomic mass is 35.5. The minimum absolute atomic E-state index is 0.194. The number of nitriles is 2. The van der Waals surface area contributed by atoms with Gasteiger partial charge in [-0.15, -0.1) is 0 Å². The fourth-order valence-corrected chi connectivity index (χ4v) is 13.1. The van der Waals surface area contributed by atoms with Crippen LogP contribution in [-0.2, 0) is 44.5 Å². The van der Waals surface area contributed by atoms with Crippen LogP contribution in [-0.4, -0.2) is 139 Å². The van der Waals surface area contributed by atoms with Crippen molar-refractivity contribution in [1.82, 2.24) is 53.2 Å². The molecule has 19 rings (SSSR count). The van der Waals surface area contributed by atoms with Crippen molar-refractivity contribution in [2.45, 2.75) is 62.5 Å². The minimum atomic E-state index is -3.62. The monoisotopic (exact) mass is 1460 g/mol. The second-order valence-corrected chi connectivity index (χ2v) is 27.2. The molecule has 0 spiro atoms. The number of aryl methyl sites for hydroxylation is 3. The van der Waals surface area contributed by atoms with Crippen LogP contribution in [0.3, 0.4) is 0 Å². The lowest BCUT2D eigenvalue weighted by atomic mass is 10.1. The van der Waals surface area contributed by atoms with E-state index in [0.717, 1.165) is 103 Å². The van der Waals surface area contributed by atoms with Crippen LogP contribution < -0.4 is 15.2 Å². The summed E-state index contributed by atoms with van der Waals surface area (Å²) in [5.74, 6) is 2.69. The first kappa shape index (κ1) is 72.9. The molecule has 8 aromatic heterocycles. The highest BCUT2D eigenvalue weighted by molar-refractivity contribution is 7.86. The second kappa shape index (κ2) is 34.0. The maximum Gasteiger partial charge on any atom is 0.297 e. The van der Waals surface area contributed by atoms with Crippen LogP contribution in [0.25, 0.3) is 54.5 Å². The van der Waals surface area contributed by atoms with Crippen molar-refractivity contribution in [2.75, 3.05) is 66.1 Å². The van der Waals surface area contributed by atoms with Crippen molar-refractivity contribution in [1.29, 1.82) is 10.5 Å². The molecule has 0 radical (unpaired) electrons. The molecule has 14 aromatic rings. The minimum Gasteiger partial charge on any atom is -0.507 e. The van der Waals surface area contributed by atoms with Crippen molar-refractivity contribution in [3.63, 3.8) is 0 Å². The SMILES string of the molecule is Cc1ccc(S(=O)(=O)OC2COC2)cc1.Cc1cccc2[nH]ccc12.Cc1cccc2c1ccn2C1COC1.N#Cc1cc(Cl)ncn1.N#Cc1cc(Oc2cccc3c2ccn3C2COC2)ncn1.NCc1cc(Oc2cccc3c2ccn3C2COC2)ncn1.Oc1cccc2c1ccn2C1COC1. The van der Waals surface area contributed by atoms with Crippen LogP contribution in [0.2, 0.25) is 5.15 Å². The standard InChI is InChI=1S/C16H16N4O2.C16H12N4O2.C12H13NO.C11H11NO2.C10H12O4S.C9H9N.C5H2ClN3/c2*17-7-11-6-16(19-10-18-11)22-15-3-1-2-14-13(15)4-5-20(14)12-8-21-9-12;1-9-3-2-4-12-11(9)5-6-13(12)10-7-14-8-10;13-11-3-1-2-10-9(11)4-5-12(10)8-6-14-7-8;1-8-2-4-10(5-3-8)15(11,12)14-9-6-13-7-9;1-7-3-2-4-9-8(7)5-6-10-9;6-5-1-4(2-7)8-3-9-5/h1-6,10,12H,7-9,17H2;1-6,10,12H,8-9H2;2-6,10H,7-8H2,1H3;1-5,8,13H,6-7H2;2-5,9H,6-7H2,1H3;2-6,10H,1H3;1,3H. The predicted octanol–water partition coefficient (Wildman–Crippen LogP) is 13.9. The Morgan fingerprint density at radius 3 is 1.43 bits per heavy atom. The number of rotatable bonds is 12. The number of phenolic OH excluding ortho intramolecular Hbond substituents is 1. The van der Waals surface area contributed by atoms with Gasteiger partial charge in [0.1, 0.15) is 71.0 Å². The molecule has 4 N–H and O–H groups in total. The fraction of sp³-hybridized carbons (Fsp3) is 0.241. The summed E-state index contributed by atoms with van der Waals surface area (Å²) < 4.78 is 74.7. The Balaban J connectivity index is 0.000000112. The van der Waals surface area contributed by atoms with E-state index in [-0.39, 0.29) is 22.4 Å². The first-order valence-corrected chi connectivity index (χ1v) is 35.9. The van der Waals surface area contributed by atoms with Crippen molar-refractivity contribution in [3.05, 3.63) is 253 Å². The van der Waals surface area contributed by atoms with Crippen molar-refractivity contribution >= 4 is 76.2 Å². The molecule has 0 atom stereocenters. The number of aromatic amines is 1. The number of phenols is 1. The zero-order chi connectivity index (χ0) is 73.5. The molecule has 0 saturated carbocycles. The molecule has 6 aromatic carbocycles. The molecule has 106 heavy (non-hydrogen) atoms. The van der Waals surface area contributed by atoms with Gasteiger partial charge in [0.15, 0.2) is 0 Å². The van der Waals surface area contributed by atoms with Crippen LogP contribution in [0.15, 0.2) is 219 Å². The number of H-pyrrole nitrogens is 1. The first-order valence-electron chi connectivity index (χ1n) is 34.1. The number of fused-ring (bicyclic) bond motifs is 5. The Kier molecular flexibility index (Phi) is 23.4. The largest absolute Gasteiger partial charge is 0.507 e. The number of nitrogens with zero attached hydrogens (tertiary/aromatic N) is 12. The quantitative estimate of drug-likeness (QED) is 0.0756. The number of hydrogen-bond acceptors (Lipinski definition) is 20. The van der Waals surface area contributed by atoms with Gasteiger partial charge in [0.05, 0.1) is 117 Å². The third-order valence-electron chi connectivity index (χ3n) is 18.1. The van der Waals surface area contributed by atoms with E-state index in [1.54, 1.807) is 36.4 Å². The summed E-state index contributed by atoms with van der Waals surface area (Å²) in [4.78, 5) is 26.6. The molecule has 0 unspecified atom stereocenters. The molecule has 5 aliphatic rings. The molecule has 0 amide bonds. The smallest absolute Gasteiger partial charge is 0.297 e. The number of ether oxygens (including phenoxy) is 7. The summed E-state index contributed by atoms with van der Waals surface area (Å²) in [6.07, 6.45) is 14.0. The van der Waals surface area contributed by atoms with E-state index < -0.39 is 10.1 Å². The molecule has 25 nitrogen and oxygen atoms in total. The van der Waals surface area contributed by atoms with Crippen molar-refractivity contribution in [2.24, 2.45) is 5.73 Å². The third-order valence-corrected chi connectivity index (χ3v) is 19.6. The van der Waals surface area contributed by atoms with Crippen LogP contribution in [0.4, 0.5) is 0 Å². The average Bonchev–Trinajstić information content (AvgIpc) is 1.71. The number of nitrogens with one attached hydrogen (secondary N) is 1. The topological polar surface area (TPSA) is 315 Å². The van der Waals surface area contributed by atoms with E-state index in [1.165, 1.54) is 64.0 Å². The van der Waals surface area contributed by atoms with Gasteiger partial charge < -0.3 is 67.3 Å². The van der Waals surface area contributed by atoms with E-state index in [2.05, 4.69) is 146 Å². The van der Waals surface area contributed by atoms with Gasteiger partial charge in [0.2, 0.25) is 11.8 Å². The lowest BCUT2D eigenvalue weighted by Gasteiger charge is -2.28. The van der Waals surface area contributed by atoms with Gasteiger partial charge >= 0.3 is 0 Å². The Bertz CT molecular complexity index is 5450. The average molecular weight is 1460 g/mol. The summed E-state index contributed by atoms with van der Waals surface area (Å²) in [6, 6.07) is 57.4. The molecule has 5 aliphatic heterocycles. The molecule has 5 saturated heterocycles. The van der Waals surface area contributed by atoms with E-state index in [9.17, 15) is 13.5 Å². The lowest BCUT2D eigenvalue weighted by Crippen LogP contribution is -2.37. The van der Waals surface area contributed by atoms with E-state index in [4.69, 9.17) is 65.2 Å². The number of aromatic hydroxyl groups is 1. The third kappa shape index (κ3) is 17.4. The Labute approximate surface area is 615 Å². The maximum atomic E-state index is 11.7. The summed E-state index contributed by atoms with van der Waals surface area (Å²) in [7, 11) is -3.62. The van der Waals surface area contributed by atoms with Crippen LogP contribution in [0.5, 0.6) is 29.0 Å². The van der Waals surface area contributed by atoms with Crippen molar-refractivity contribution in [3.8, 4) is 41.1 Å². The Morgan fingerprint density at radius 2 is 0.953 bits per heavy atom. The second-order valence-electron chi connectivity index (χ2n) is 25.2. The summed E-state index contributed by atoms with van der Waals surface area (Å²) >= 11 is 5.42. The summed E-state index contributed by atoms with van der Waals surface area (Å²) in [5.41, 5.74) is 16.5. The van der Waals surface area contributed by atoms with Crippen LogP contribution >= 0.6 is 11.6 Å². The van der Waals surface area contributed by atoms with Gasteiger partial charge in [-0.25, -0.2) is 29.9 Å². The van der Waals surface area contributed by atoms with E-state index >= 15 is 0 Å². The maximum absolute atomic E-state index is 11.7. The van der Waals surface area contributed by atoms with Gasteiger partial charge in [-0.3, -0.25) is 4.18 Å². The highest BCUT2D eigenvalue weighted by Crippen LogP contribution is 2.36. The highest BCUT2D eigenvalue weighted by Gasteiger charge is 2.29. The molecule has 0 bridgehead atoms. The molecular weight excluding hydrogens is 1390 g/mol. The fourth-order valence-electron chi connectivity index (χ4n) is 11.9.